The Bertz CT molecular complexity index is 1030. The maximum absolute atomic E-state index is 13.8. The van der Waals surface area contributed by atoms with E-state index in [9.17, 15) is 22.4 Å². The summed E-state index contributed by atoms with van der Waals surface area (Å²) in [5.74, 6) is -2.46. The van der Waals surface area contributed by atoms with Crippen LogP contribution in [0.15, 0.2) is 47.0 Å². The van der Waals surface area contributed by atoms with Gasteiger partial charge in [-0.15, -0.1) is 0 Å². The first-order chi connectivity index (χ1) is 12.8. The molecule has 1 aromatic heterocycles. The number of hydrogen-bond donors (Lipinski definition) is 0. The number of benzene rings is 2. The van der Waals surface area contributed by atoms with E-state index in [-0.39, 0.29) is 30.4 Å². The zero-order valence-corrected chi connectivity index (χ0v) is 13.6. The van der Waals surface area contributed by atoms with Crippen molar-refractivity contribution in [3.05, 3.63) is 70.9 Å². The van der Waals surface area contributed by atoms with Crippen molar-refractivity contribution < 1.29 is 26.9 Å². The van der Waals surface area contributed by atoms with Crippen molar-refractivity contribution in [3.8, 4) is 11.4 Å². The van der Waals surface area contributed by atoms with Gasteiger partial charge in [0.15, 0.2) is 0 Å². The first-order valence-electron chi connectivity index (χ1n) is 7.90. The largest absolute Gasteiger partial charge is 0.471 e. The average Bonchev–Trinajstić information content (AvgIpc) is 3.23. The predicted molar refractivity (Wildman–Crippen MR) is 84.7 cm³/mol. The van der Waals surface area contributed by atoms with Crippen molar-refractivity contribution in [2.45, 2.75) is 19.3 Å². The second-order valence-electron chi connectivity index (χ2n) is 6.05. The molecule has 0 radical (unpaired) electrons. The Morgan fingerprint density at radius 3 is 2.63 bits per heavy atom. The molecule has 0 fully saturated rings. The van der Waals surface area contributed by atoms with Crippen LogP contribution >= 0.6 is 0 Å². The molecule has 0 aliphatic carbocycles. The van der Waals surface area contributed by atoms with E-state index < -0.39 is 17.9 Å². The molecule has 138 valence electrons. The molecule has 1 amide bonds. The lowest BCUT2D eigenvalue weighted by atomic mass is 10.1. The molecule has 0 saturated heterocycles. The van der Waals surface area contributed by atoms with Crippen molar-refractivity contribution in [3.63, 3.8) is 0 Å². The Hall–Kier alpha value is -3.23. The molecule has 0 unspecified atom stereocenters. The summed E-state index contributed by atoms with van der Waals surface area (Å²) in [4.78, 5) is 17.4. The van der Waals surface area contributed by atoms with Gasteiger partial charge in [0, 0.05) is 29.8 Å². The van der Waals surface area contributed by atoms with E-state index in [4.69, 9.17) is 0 Å². The van der Waals surface area contributed by atoms with Gasteiger partial charge in [0.1, 0.15) is 5.82 Å². The third-order valence-electron chi connectivity index (χ3n) is 4.23. The van der Waals surface area contributed by atoms with Gasteiger partial charge in [-0.25, -0.2) is 4.39 Å². The Morgan fingerprint density at radius 2 is 1.93 bits per heavy atom. The summed E-state index contributed by atoms with van der Waals surface area (Å²) in [6.07, 6.45) is -4.74. The minimum Gasteiger partial charge on any atom is -0.330 e. The predicted octanol–water partition coefficient (Wildman–Crippen LogP) is 4.05. The fourth-order valence-corrected chi connectivity index (χ4v) is 2.92. The highest BCUT2D eigenvalue weighted by atomic mass is 19.4. The standard InChI is InChI=1S/C18H11F4N3O2/c19-14-4-2-1-3-12(14)9-25-8-11-6-5-10(7-13(11)16(25)26)15-23-17(27-24-15)18(20,21)22/h1-7H,8-9H2. The van der Waals surface area contributed by atoms with Gasteiger partial charge in [-0.3, -0.25) is 4.79 Å². The molecule has 0 N–H and O–H groups in total. The second-order valence-corrected chi connectivity index (χ2v) is 6.05. The van der Waals surface area contributed by atoms with Crippen LogP contribution in [-0.2, 0) is 19.3 Å². The number of hydrogen-bond acceptors (Lipinski definition) is 4. The van der Waals surface area contributed by atoms with Crippen molar-refractivity contribution in [1.82, 2.24) is 15.0 Å². The number of nitrogens with zero attached hydrogens (tertiary/aromatic N) is 3. The Labute approximate surface area is 150 Å². The average molecular weight is 377 g/mol. The van der Waals surface area contributed by atoms with Crippen LogP contribution in [-0.4, -0.2) is 20.9 Å². The van der Waals surface area contributed by atoms with E-state index in [2.05, 4.69) is 14.7 Å². The fraction of sp³-hybridized carbons (Fsp3) is 0.167. The smallest absolute Gasteiger partial charge is 0.330 e. The van der Waals surface area contributed by atoms with E-state index in [0.717, 1.165) is 0 Å². The molecular formula is C18H11F4N3O2. The van der Waals surface area contributed by atoms with Crippen LogP contribution in [0.3, 0.4) is 0 Å². The van der Waals surface area contributed by atoms with Gasteiger partial charge in [0.05, 0.1) is 0 Å². The third kappa shape index (κ3) is 3.16. The van der Waals surface area contributed by atoms with Gasteiger partial charge in [-0.05, 0) is 17.7 Å². The van der Waals surface area contributed by atoms with Gasteiger partial charge in [0.2, 0.25) is 5.82 Å². The number of alkyl halides is 3. The number of carbonyl (C=O) groups is 1. The summed E-state index contributed by atoms with van der Waals surface area (Å²) >= 11 is 0. The molecule has 2 aromatic carbocycles. The van der Waals surface area contributed by atoms with Crippen molar-refractivity contribution in [1.29, 1.82) is 0 Å². The summed E-state index contributed by atoms with van der Waals surface area (Å²) in [6, 6.07) is 10.7. The quantitative estimate of drug-likeness (QED) is 0.646. The molecule has 1 aliphatic heterocycles. The van der Waals surface area contributed by atoms with Gasteiger partial charge >= 0.3 is 12.1 Å². The molecule has 1 aliphatic rings. The maximum Gasteiger partial charge on any atom is 0.471 e. The summed E-state index contributed by atoms with van der Waals surface area (Å²) in [6.45, 7) is 0.374. The van der Waals surface area contributed by atoms with Crippen molar-refractivity contribution in [2.24, 2.45) is 0 Å². The van der Waals surface area contributed by atoms with Crippen LogP contribution in [0.1, 0.15) is 27.4 Å². The Balaban J connectivity index is 1.60. The molecule has 9 heteroatoms. The lowest BCUT2D eigenvalue weighted by Crippen LogP contribution is -2.23. The third-order valence-corrected chi connectivity index (χ3v) is 4.23. The van der Waals surface area contributed by atoms with E-state index in [1.165, 1.54) is 23.1 Å². The SMILES string of the molecule is O=C1c2cc(-c3noc(C(F)(F)F)n3)ccc2CN1Cc1ccccc1F. The molecule has 4 rings (SSSR count). The number of carbonyl (C=O) groups excluding carboxylic acids is 1. The molecule has 5 nitrogen and oxygen atoms in total. The van der Waals surface area contributed by atoms with E-state index in [0.29, 0.717) is 16.7 Å². The second kappa shape index (κ2) is 6.19. The molecular weight excluding hydrogens is 366 g/mol. The molecule has 0 atom stereocenters. The molecule has 0 saturated carbocycles. The van der Waals surface area contributed by atoms with Gasteiger partial charge in [-0.1, -0.05) is 35.5 Å². The first-order valence-corrected chi connectivity index (χ1v) is 7.90. The van der Waals surface area contributed by atoms with Crippen LogP contribution < -0.4 is 0 Å². The zero-order chi connectivity index (χ0) is 19.2. The summed E-state index contributed by atoms with van der Waals surface area (Å²) in [7, 11) is 0. The highest BCUT2D eigenvalue weighted by Gasteiger charge is 2.38. The fourth-order valence-electron chi connectivity index (χ4n) is 2.92. The summed E-state index contributed by atoms with van der Waals surface area (Å²) in [5.41, 5.74) is 1.63. The van der Waals surface area contributed by atoms with E-state index in [1.54, 1.807) is 24.3 Å². The first kappa shape index (κ1) is 17.2. The minimum absolute atomic E-state index is 0.0932. The molecule has 2 heterocycles. The summed E-state index contributed by atoms with van der Waals surface area (Å²) in [5, 5.41) is 3.32. The van der Waals surface area contributed by atoms with Gasteiger partial charge in [0.25, 0.3) is 5.91 Å². The number of rotatable bonds is 3. The van der Waals surface area contributed by atoms with Crippen LogP contribution in [0.4, 0.5) is 17.6 Å². The van der Waals surface area contributed by atoms with E-state index >= 15 is 0 Å². The maximum atomic E-state index is 13.8. The Morgan fingerprint density at radius 1 is 1.15 bits per heavy atom. The van der Waals surface area contributed by atoms with Crippen molar-refractivity contribution >= 4 is 5.91 Å². The topological polar surface area (TPSA) is 59.2 Å². The number of aromatic nitrogens is 2. The van der Waals surface area contributed by atoms with Crippen LogP contribution in [0.25, 0.3) is 11.4 Å². The molecule has 0 bridgehead atoms. The lowest BCUT2D eigenvalue weighted by molar-refractivity contribution is -0.159. The van der Waals surface area contributed by atoms with Crippen molar-refractivity contribution in [2.75, 3.05) is 0 Å². The lowest BCUT2D eigenvalue weighted by Gasteiger charge is -2.15. The highest BCUT2D eigenvalue weighted by Crippen LogP contribution is 2.32. The van der Waals surface area contributed by atoms with Crippen LogP contribution in [0.2, 0.25) is 0 Å². The normalized spacial score (nSPS) is 13.9. The monoisotopic (exact) mass is 377 g/mol. The molecule has 0 spiro atoms. The van der Waals surface area contributed by atoms with E-state index in [1.807, 2.05) is 0 Å². The molecule has 3 aromatic rings. The number of amides is 1. The van der Waals surface area contributed by atoms with Gasteiger partial charge in [-0.2, -0.15) is 18.2 Å². The molecule has 27 heavy (non-hydrogen) atoms. The van der Waals surface area contributed by atoms with Crippen LogP contribution in [0, 0.1) is 5.82 Å². The Kier molecular flexibility index (Phi) is 3.94. The highest BCUT2D eigenvalue weighted by molar-refractivity contribution is 5.99. The number of fused-ring (bicyclic) bond motifs is 1. The van der Waals surface area contributed by atoms with Crippen LogP contribution in [0.5, 0.6) is 0 Å². The number of halogens is 4. The minimum atomic E-state index is -4.74. The van der Waals surface area contributed by atoms with Gasteiger partial charge < -0.3 is 9.42 Å². The summed E-state index contributed by atoms with van der Waals surface area (Å²) < 4.78 is 55.9. The zero-order valence-electron chi connectivity index (χ0n) is 13.6.